The average Bonchev–Trinajstić information content (AvgIpc) is 3.04. The van der Waals surface area contributed by atoms with E-state index < -0.39 is 59.5 Å². The minimum absolute atomic E-state index is 0.0475. The topological polar surface area (TPSA) is 122 Å². The number of ether oxygens (including phenoxy) is 3. The van der Waals surface area contributed by atoms with Gasteiger partial charge in [-0.15, -0.1) is 0 Å². The lowest BCUT2D eigenvalue weighted by Crippen LogP contribution is -2.41. The molecule has 1 heterocycles. The van der Waals surface area contributed by atoms with Gasteiger partial charge in [0.2, 0.25) is 0 Å². The Morgan fingerprint density at radius 2 is 1.52 bits per heavy atom. The van der Waals surface area contributed by atoms with Crippen molar-refractivity contribution in [2.75, 3.05) is 6.54 Å². The molecule has 1 saturated heterocycles. The van der Waals surface area contributed by atoms with Gasteiger partial charge in [0, 0.05) is 12.8 Å². The Kier molecular flexibility index (Phi) is 12.2. The van der Waals surface area contributed by atoms with Crippen LogP contribution in [0.5, 0.6) is 0 Å². The van der Waals surface area contributed by atoms with Gasteiger partial charge in [0.15, 0.2) is 0 Å². The minimum atomic E-state index is -0.943. The zero-order valence-corrected chi connectivity index (χ0v) is 26.9. The van der Waals surface area contributed by atoms with E-state index in [0.717, 1.165) is 5.56 Å². The summed E-state index contributed by atoms with van der Waals surface area (Å²) in [4.78, 5) is 42.3. The van der Waals surface area contributed by atoms with Gasteiger partial charge in [-0.1, -0.05) is 36.8 Å². The first-order valence-electron chi connectivity index (χ1n) is 14.6. The van der Waals surface area contributed by atoms with Crippen LogP contribution in [0, 0.1) is 11.8 Å². The number of aliphatic imine (C=N–C) groups is 1. The predicted octanol–water partition coefficient (Wildman–Crippen LogP) is 6.37. The summed E-state index contributed by atoms with van der Waals surface area (Å²) in [5.74, 6) is -1.98. The fourth-order valence-electron chi connectivity index (χ4n) is 4.21. The van der Waals surface area contributed by atoms with Gasteiger partial charge in [-0.3, -0.25) is 4.79 Å². The Labute approximate surface area is 251 Å². The van der Waals surface area contributed by atoms with E-state index in [-0.39, 0.29) is 13.2 Å². The largest absolute Gasteiger partial charge is 0.459 e. The molecule has 1 aliphatic heterocycles. The van der Waals surface area contributed by atoms with Gasteiger partial charge >= 0.3 is 25.3 Å². The average molecular weight is 589 g/mol. The lowest BCUT2D eigenvalue weighted by atomic mass is 9.79. The first-order chi connectivity index (χ1) is 19.3. The highest BCUT2D eigenvalue weighted by Gasteiger charge is 2.50. The van der Waals surface area contributed by atoms with E-state index in [1.54, 1.807) is 41.5 Å². The van der Waals surface area contributed by atoms with Crippen molar-refractivity contribution in [2.45, 2.75) is 117 Å². The van der Waals surface area contributed by atoms with E-state index in [1.807, 2.05) is 58.0 Å². The van der Waals surface area contributed by atoms with Gasteiger partial charge in [0.1, 0.15) is 17.8 Å². The molecule has 1 unspecified atom stereocenters. The van der Waals surface area contributed by atoms with Crippen LogP contribution in [0.25, 0.3) is 0 Å². The minimum Gasteiger partial charge on any atom is -0.459 e. The van der Waals surface area contributed by atoms with Gasteiger partial charge in [-0.05, 0) is 93.5 Å². The first-order valence-corrected chi connectivity index (χ1v) is 14.6. The van der Waals surface area contributed by atoms with Crippen molar-refractivity contribution in [1.29, 1.82) is 0 Å². The molecule has 0 aliphatic carbocycles. The third-order valence-electron chi connectivity index (χ3n) is 6.96. The summed E-state index contributed by atoms with van der Waals surface area (Å²) in [6.45, 7) is 18.7. The molecule has 0 saturated carbocycles. The van der Waals surface area contributed by atoms with E-state index in [9.17, 15) is 14.4 Å². The molecule has 42 heavy (non-hydrogen) atoms. The third kappa shape index (κ3) is 12.1. The monoisotopic (exact) mass is 588 g/mol. The molecule has 11 heteroatoms. The van der Waals surface area contributed by atoms with Crippen LogP contribution in [0.15, 0.2) is 35.3 Å². The molecule has 1 aliphatic rings. The zero-order valence-electron chi connectivity index (χ0n) is 26.9. The van der Waals surface area contributed by atoms with Crippen molar-refractivity contribution < 1.29 is 37.9 Å². The van der Waals surface area contributed by atoms with Crippen molar-refractivity contribution in [2.24, 2.45) is 16.8 Å². The number of rotatable bonds is 11. The van der Waals surface area contributed by atoms with Crippen LogP contribution >= 0.6 is 0 Å². The highest BCUT2D eigenvalue weighted by atomic mass is 16.7. The van der Waals surface area contributed by atoms with Crippen LogP contribution in [0.3, 0.4) is 0 Å². The van der Waals surface area contributed by atoms with Crippen molar-refractivity contribution in [1.82, 2.24) is 5.32 Å². The zero-order chi connectivity index (χ0) is 31.8. The highest BCUT2D eigenvalue weighted by molar-refractivity contribution is 6.45. The number of nitrogens with one attached hydrogen (secondary N) is 1. The molecule has 1 aromatic carbocycles. The standard InChI is InChI=1S/C31H49BN2O8/c1-28(2,3)39-25(35)24(20-34-26(36)38-21-22-15-12-11-13-16-22)23(19-33-27(37)40-29(4,5)6)17-14-18-32-41-30(7,8)31(9,10)42-32/h11-13,15-16,20,23-24H,14,17-19,21H2,1-10H3,(H,33,37)/t23-,24?/m0/s1. The SMILES string of the molecule is CC(C)(C)OC(=O)NC[C@H](CCCB1OC(C)(C)C(C)(C)O1)C(C=NC(=O)OCc1ccccc1)C(=O)OC(C)(C)C. The number of benzene rings is 1. The van der Waals surface area contributed by atoms with Gasteiger partial charge in [0.25, 0.3) is 0 Å². The quantitative estimate of drug-likeness (QED) is 0.137. The Morgan fingerprint density at radius 1 is 0.952 bits per heavy atom. The van der Waals surface area contributed by atoms with Crippen molar-refractivity contribution in [3.8, 4) is 0 Å². The number of nitrogens with zero attached hydrogens (tertiary/aromatic N) is 1. The predicted molar refractivity (Wildman–Crippen MR) is 162 cm³/mol. The maximum Gasteiger partial charge on any atom is 0.457 e. The Hall–Kier alpha value is -2.92. The number of hydrogen-bond donors (Lipinski definition) is 1. The van der Waals surface area contributed by atoms with Gasteiger partial charge in [-0.25, -0.2) is 9.59 Å². The van der Waals surface area contributed by atoms with Gasteiger partial charge in [0.05, 0.1) is 17.1 Å². The summed E-state index contributed by atoms with van der Waals surface area (Å²) < 4.78 is 28.6. The Morgan fingerprint density at radius 3 is 2.07 bits per heavy atom. The van der Waals surface area contributed by atoms with E-state index in [4.69, 9.17) is 23.5 Å². The van der Waals surface area contributed by atoms with E-state index in [1.165, 1.54) is 6.21 Å². The number of esters is 1. The lowest BCUT2D eigenvalue weighted by Gasteiger charge is -2.32. The molecule has 0 radical (unpaired) electrons. The van der Waals surface area contributed by atoms with E-state index in [2.05, 4.69) is 10.3 Å². The molecule has 0 aromatic heterocycles. The number of hydrogen-bond acceptors (Lipinski definition) is 8. The van der Waals surface area contributed by atoms with Crippen LogP contribution in [-0.2, 0) is 34.9 Å². The molecule has 10 nitrogen and oxygen atoms in total. The van der Waals surface area contributed by atoms with Gasteiger partial charge in [-0.2, -0.15) is 4.99 Å². The van der Waals surface area contributed by atoms with Crippen LogP contribution in [-0.4, -0.2) is 60.4 Å². The fourth-order valence-corrected chi connectivity index (χ4v) is 4.21. The normalized spacial score (nSPS) is 17.9. The summed E-state index contributed by atoms with van der Waals surface area (Å²) in [6.07, 6.45) is 1.49. The van der Waals surface area contributed by atoms with Crippen molar-refractivity contribution >= 4 is 31.5 Å². The second-order valence-electron chi connectivity index (χ2n) is 13.6. The summed E-state index contributed by atoms with van der Waals surface area (Å²) in [6, 6.07) is 9.22. The molecular weight excluding hydrogens is 539 g/mol. The molecule has 1 N–H and O–H groups in total. The smallest absolute Gasteiger partial charge is 0.457 e. The molecular formula is C31H49BN2O8. The van der Waals surface area contributed by atoms with Crippen LogP contribution in [0.2, 0.25) is 6.32 Å². The number of amides is 2. The van der Waals surface area contributed by atoms with E-state index in [0.29, 0.717) is 19.2 Å². The van der Waals surface area contributed by atoms with E-state index >= 15 is 0 Å². The lowest BCUT2D eigenvalue weighted by molar-refractivity contribution is -0.158. The summed E-state index contributed by atoms with van der Waals surface area (Å²) in [5.41, 5.74) is -1.57. The molecule has 234 valence electrons. The second-order valence-corrected chi connectivity index (χ2v) is 13.6. The number of carbonyl (C=O) groups is 3. The van der Waals surface area contributed by atoms with Crippen LogP contribution in [0.1, 0.15) is 87.6 Å². The maximum atomic E-state index is 13.4. The molecule has 2 amide bonds. The maximum absolute atomic E-state index is 13.4. The molecule has 2 atom stereocenters. The Balaban J connectivity index is 2.21. The number of carbonyl (C=O) groups excluding carboxylic acids is 3. The third-order valence-corrected chi connectivity index (χ3v) is 6.96. The van der Waals surface area contributed by atoms with Crippen LogP contribution in [0.4, 0.5) is 9.59 Å². The number of alkyl carbamates (subject to hydrolysis) is 1. The highest BCUT2D eigenvalue weighted by Crippen LogP contribution is 2.38. The summed E-state index contributed by atoms with van der Waals surface area (Å²) in [5, 5.41) is 2.77. The summed E-state index contributed by atoms with van der Waals surface area (Å²) >= 11 is 0. The van der Waals surface area contributed by atoms with Crippen molar-refractivity contribution in [3.05, 3.63) is 35.9 Å². The fraction of sp³-hybridized carbons (Fsp3) is 0.677. The van der Waals surface area contributed by atoms with Gasteiger partial charge < -0.3 is 28.8 Å². The molecule has 1 fully saturated rings. The second kappa shape index (κ2) is 14.5. The summed E-state index contributed by atoms with van der Waals surface area (Å²) in [7, 11) is -0.406. The molecule has 2 rings (SSSR count). The Bertz CT molecular complexity index is 1060. The molecule has 0 bridgehead atoms. The molecule has 1 aromatic rings. The van der Waals surface area contributed by atoms with Crippen LogP contribution < -0.4 is 5.32 Å². The van der Waals surface area contributed by atoms with Crippen molar-refractivity contribution in [3.63, 3.8) is 0 Å². The first kappa shape index (κ1) is 35.3. The molecule has 0 spiro atoms.